The molecule has 1 N–H and O–H groups in total. The van der Waals surface area contributed by atoms with E-state index in [1.807, 2.05) is 0 Å². The van der Waals surface area contributed by atoms with Gasteiger partial charge in [-0.1, -0.05) is 12.1 Å². The second-order valence-corrected chi connectivity index (χ2v) is 5.08. The largest absolute Gasteiger partial charge is 0.489 e. The predicted molar refractivity (Wildman–Crippen MR) is 82.4 cm³/mol. The number of likely N-dealkylation sites (N-methyl/N-ethyl adjacent to an activating group) is 1. The van der Waals surface area contributed by atoms with Crippen molar-refractivity contribution in [3.63, 3.8) is 0 Å². The van der Waals surface area contributed by atoms with E-state index in [1.165, 1.54) is 6.07 Å². The molecule has 0 spiro atoms. The molecule has 1 fully saturated rings. The van der Waals surface area contributed by atoms with Crippen molar-refractivity contribution >= 4 is 18.3 Å². The molecular weight excluding hydrogens is 295 g/mol. The number of carbonyl (C=O) groups excluding carboxylic acids is 1. The number of hydrogen-bond donors (Lipinski definition) is 1. The molecule has 118 valence electrons. The molecule has 2 rings (SSSR count). The molecule has 0 radical (unpaired) electrons. The van der Waals surface area contributed by atoms with Crippen LogP contribution in [0.4, 0.5) is 4.39 Å². The third-order valence-electron chi connectivity index (χ3n) is 3.54. The van der Waals surface area contributed by atoms with E-state index in [0.29, 0.717) is 13.2 Å². The molecule has 1 unspecified atom stereocenters. The van der Waals surface area contributed by atoms with Gasteiger partial charge in [-0.15, -0.1) is 12.4 Å². The van der Waals surface area contributed by atoms with Crippen LogP contribution >= 0.6 is 12.4 Å². The van der Waals surface area contributed by atoms with Gasteiger partial charge in [0.15, 0.2) is 11.6 Å². The Morgan fingerprint density at radius 2 is 2.24 bits per heavy atom. The molecule has 0 aromatic heterocycles. The second-order valence-electron chi connectivity index (χ2n) is 5.08. The zero-order valence-electron chi connectivity index (χ0n) is 12.2. The molecule has 6 heteroatoms. The molecule has 1 aliphatic heterocycles. The molecule has 21 heavy (non-hydrogen) atoms. The lowest BCUT2D eigenvalue weighted by Crippen LogP contribution is -2.42. The number of para-hydroxylation sites is 1. The minimum absolute atomic E-state index is 0. The van der Waals surface area contributed by atoms with Crippen LogP contribution in [0.25, 0.3) is 0 Å². The van der Waals surface area contributed by atoms with Crippen LogP contribution in [0.3, 0.4) is 0 Å². The monoisotopic (exact) mass is 316 g/mol. The summed E-state index contributed by atoms with van der Waals surface area (Å²) in [5.74, 6) is 0.0437. The molecule has 1 atom stereocenters. The molecule has 0 bridgehead atoms. The number of nitrogens with one attached hydrogen (secondary N) is 1. The van der Waals surface area contributed by atoms with Crippen LogP contribution in [0.5, 0.6) is 5.75 Å². The first kappa shape index (κ1) is 17.7. The Morgan fingerprint density at radius 1 is 1.48 bits per heavy atom. The van der Waals surface area contributed by atoms with Gasteiger partial charge in [0, 0.05) is 13.6 Å². The highest BCUT2D eigenvalue weighted by molar-refractivity contribution is 5.85. The highest BCUT2D eigenvalue weighted by atomic mass is 35.5. The van der Waals surface area contributed by atoms with Gasteiger partial charge in [-0.05, 0) is 31.5 Å². The average molecular weight is 317 g/mol. The molecule has 1 heterocycles. The summed E-state index contributed by atoms with van der Waals surface area (Å²) in [6.07, 6.45) is 1.97. The topological polar surface area (TPSA) is 41.6 Å². The molecule has 1 saturated heterocycles. The predicted octanol–water partition coefficient (Wildman–Crippen LogP) is 2.08. The number of rotatable bonds is 5. The summed E-state index contributed by atoms with van der Waals surface area (Å²) in [5.41, 5.74) is 0. The van der Waals surface area contributed by atoms with Gasteiger partial charge in [0.2, 0.25) is 5.91 Å². The number of benzene rings is 1. The van der Waals surface area contributed by atoms with Crippen LogP contribution < -0.4 is 10.1 Å². The average Bonchev–Trinajstić information content (AvgIpc) is 2.49. The Hall–Kier alpha value is -1.33. The van der Waals surface area contributed by atoms with Gasteiger partial charge < -0.3 is 15.0 Å². The van der Waals surface area contributed by atoms with E-state index in [4.69, 9.17) is 4.74 Å². The highest BCUT2D eigenvalue weighted by Crippen LogP contribution is 2.16. The van der Waals surface area contributed by atoms with E-state index >= 15 is 0 Å². The van der Waals surface area contributed by atoms with Crippen molar-refractivity contribution in [2.24, 2.45) is 5.92 Å². The van der Waals surface area contributed by atoms with Gasteiger partial charge in [-0.2, -0.15) is 0 Å². The summed E-state index contributed by atoms with van der Waals surface area (Å²) >= 11 is 0. The molecule has 1 aliphatic rings. The molecule has 4 nitrogen and oxygen atoms in total. The van der Waals surface area contributed by atoms with Crippen LogP contribution in [0, 0.1) is 11.7 Å². The minimum atomic E-state index is -0.377. The maximum Gasteiger partial charge on any atom is 0.226 e. The van der Waals surface area contributed by atoms with E-state index in [2.05, 4.69) is 5.32 Å². The lowest BCUT2D eigenvalue weighted by atomic mass is 9.98. The summed E-state index contributed by atoms with van der Waals surface area (Å²) in [6.45, 7) is 2.49. The number of carbonyl (C=O) groups is 1. The summed E-state index contributed by atoms with van der Waals surface area (Å²) < 4.78 is 18.7. The van der Waals surface area contributed by atoms with Crippen LogP contribution in [-0.2, 0) is 4.79 Å². The zero-order valence-corrected chi connectivity index (χ0v) is 13.0. The van der Waals surface area contributed by atoms with Crippen LogP contribution in [0.15, 0.2) is 24.3 Å². The molecular formula is C15H22ClFN2O2. The standard InChI is InChI=1S/C15H21FN2O2.ClH/c1-18(15(19)12-5-4-8-17-11-12)9-10-20-14-7-3-2-6-13(14)16;/h2-3,6-7,12,17H,4-5,8-11H2,1H3;1H. The van der Waals surface area contributed by atoms with Gasteiger partial charge >= 0.3 is 0 Å². The first-order chi connectivity index (χ1) is 9.68. The maximum absolute atomic E-state index is 13.3. The minimum Gasteiger partial charge on any atom is -0.489 e. The van der Waals surface area contributed by atoms with Gasteiger partial charge in [0.1, 0.15) is 6.61 Å². The van der Waals surface area contributed by atoms with E-state index < -0.39 is 0 Å². The van der Waals surface area contributed by atoms with Crippen molar-refractivity contribution in [2.75, 3.05) is 33.3 Å². The van der Waals surface area contributed by atoms with Crippen LogP contribution in [0.1, 0.15) is 12.8 Å². The van der Waals surface area contributed by atoms with Gasteiger partial charge in [-0.25, -0.2) is 4.39 Å². The first-order valence-corrected chi connectivity index (χ1v) is 7.01. The normalized spacial score (nSPS) is 17.7. The van der Waals surface area contributed by atoms with Gasteiger partial charge in [0.05, 0.1) is 12.5 Å². The molecule has 1 aromatic rings. The quantitative estimate of drug-likeness (QED) is 0.904. The van der Waals surface area contributed by atoms with E-state index in [-0.39, 0.29) is 35.8 Å². The van der Waals surface area contributed by atoms with Crippen molar-refractivity contribution < 1.29 is 13.9 Å². The smallest absolute Gasteiger partial charge is 0.226 e. The van der Waals surface area contributed by atoms with Crippen molar-refractivity contribution in [3.8, 4) is 5.75 Å². The van der Waals surface area contributed by atoms with Crippen LogP contribution in [-0.4, -0.2) is 44.1 Å². The van der Waals surface area contributed by atoms with E-state index in [0.717, 1.165) is 25.9 Å². The lowest BCUT2D eigenvalue weighted by molar-refractivity contribution is -0.135. The SMILES string of the molecule is CN(CCOc1ccccc1F)C(=O)C1CCCNC1.Cl. The summed E-state index contributed by atoms with van der Waals surface area (Å²) in [5, 5.41) is 3.23. The third-order valence-corrected chi connectivity index (χ3v) is 3.54. The van der Waals surface area contributed by atoms with Crippen molar-refractivity contribution in [1.29, 1.82) is 0 Å². The Morgan fingerprint density at radius 3 is 2.90 bits per heavy atom. The Bertz CT molecular complexity index is 453. The number of ether oxygens (including phenoxy) is 1. The number of hydrogen-bond acceptors (Lipinski definition) is 3. The summed E-state index contributed by atoms with van der Waals surface area (Å²) in [7, 11) is 1.77. The summed E-state index contributed by atoms with van der Waals surface area (Å²) in [4.78, 5) is 13.8. The molecule has 0 saturated carbocycles. The first-order valence-electron chi connectivity index (χ1n) is 7.01. The van der Waals surface area contributed by atoms with Crippen molar-refractivity contribution in [1.82, 2.24) is 10.2 Å². The number of piperidine rings is 1. The molecule has 1 amide bonds. The Balaban J connectivity index is 0.00000220. The summed E-state index contributed by atoms with van der Waals surface area (Å²) in [6, 6.07) is 6.29. The second kappa shape index (κ2) is 8.85. The zero-order chi connectivity index (χ0) is 14.4. The molecule has 0 aliphatic carbocycles. The Kier molecular flexibility index (Phi) is 7.47. The highest BCUT2D eigenvalue weighted by Gasteiger charge is 2.23. The number of nitrogens with zero attached hydrogens (tertiary/aromatic N) is 1. The fourth-order valence-electron chi connectivity index (χ4n) is 2.34. The Labute approximate surface area is 131 Å². The number of amides is 1. The van der Waals surface area contributed by atoms with Gasteiger partial charge in [0.25, 0.3) is 0 Å². The van der Waals surface area contributed by atoms with Gasteiger partial charge in [-0.3, -0.25) is 4.79 Å². The van der Waals surface area contributed by atoms with E-state index in [9.17, 15) is 9.18 Å². The van der Waals surface area contributed by atoms with Crippen LogP contribution in [0.2, 0.25) is 0 Å². The maximum atomic E-state index is 13.3. The third kappa shape index (κ3) is 5.17. The molecule has 1 aromatic carbocycles. The number of halogens is 2. The van der Waals surface area contributed by atoms with E-state index in [1.54, 1.807) is 30.1 Å². The fourth-order valence-corrected chi connectivity index (χ4v) is 2.34. The fraction of sp³-hybridized carbons (Fsp3) is 0.533. The lowest BCUT2D eigenvalue weighted by Gasteiger charge is -2.27. The van der Waals surface area contributed by atoms with Crippen molar-refractivity contribution in [2.45, 2.75) is 12.8 Å². The van der Waals surface area contributed by atoms with Crippen molar-refractivity contribution in [3.05, 3.63) is 30.1 Å².